The number of carbonyl (C=O) groups excluding carboxylic acids is 1. The lowest BCUT2D eigenvalue weighted by molar-refractivity contribution is -0.119. The first-order valence-electron chi connectivity index (χ1n) is 13.7. The van der Waals surface area contributed by atoms with Crippen molar-refractivity contribution in [2.45, 2.75) is 76.2 Å². The highest BCUT2D eigenvalue weighted by Crippen LogP contribution is 2.52. The summed E-state index contributed by atoms with van der Waals surface area (Å²) in [6, 6.07) is 17.0. The SMILES string of the molecule is C[C@H](CCc1ccccc1)NC(=O)CSc1nnc(COc2ccccc2F)n1[C@H](C)[C@@H]1C[C@H]2CC[C@H]1C2. The Kier molecular flexibility index (Phi) is 8.67. The molecule has 0 aliphatic heterocycles. The smallest absolute Gasteiger partial charge is 0.230 e. The fraction of sp³-hybridized carbons (Fsp3) is 0.500. The maximum absolute atomic E-state index is 14.2. The van der Waals surface area contributed by atoms with Gasteiger partial charge in [0.15, 0.2) is 22.5 Å². The van der Waals surface area contributed by atoms with Crippen molar-refractivity contribution in [2.24, 2.45) is 17.8 Å². The third kappa shape index (κ3) is 6.40. The van der Waals surface area contributed by atoms with Crippen molar-refractivity contribution in [3.05, 3.63) is 71.8 Å². The highest BCUT2D eigenvalue weighted by molar-refractivity contribution is 7.99. The van der Waals surface area contributed by atoms with E-state index in [-0.39, 0.29) is 36.1 Å². The largest absolute Gasteiger partial charge is 0.483 e. The molecule has 1 heterocycles. The molecule has 202 valence electrons. The molecule has 1 amide bonds. The van der Waals surface area contributed by atoms with Crippen molar-refractivity contribution in [3.63, 3.8) is 0 Å². The molecule has 2 saturated carbocycles. The number of amides is 1. The molecule has 38 heavy (non-hydrogen) atoms. The summed E-state index contributed by atoms with van der Waals surface area (Å²) in [5.74, 6) is 2.84. The monoisotopic (exact) mass is 536 g/mol. The average Bonchev–Trinajstić information content (AvgIpc) is 3.67. The molecule has 0 spiro atoms. The Morgan fingerprint density at radius 2 is 1.89 bits per heavy atom. The van der Waals surface area contributed by atoms with Crippen LogP contribution in [0.15, 0.2) is 59.8 Å². The maximum atomic E-state index is 14.2. The van der Waals surface area contributed by atoms with Gasteiger partial charge in [0.2, 0.25) is 5.91 Å². The number of rotatable bonds is 12. The number of aromatic nitrogens is 3. The summed E-state index contributed by atoms with van der Waals surface area (Å²) >= 11 is 1.41. The number of benzene rings is 2. The Morgan fingerprint density at radius 3 is 2.63 bits per heavy atom. The zero-order valence-electron chi connectivity index (χ0n) is 22.2. The summed E-state index contributed by atoms with van der Waals surface area (Å²) in [4.78, 5) is 12.8. The number of para-hydroxylation sites is 1. The molecule has 6 nitrogen and oxygen atoms in total. The van der Waals surface area contributed by atoms with Gasteiger partial charge in [-0.1, -0.05) is 60.6 Å². The third-order valence-electron chi connectivity index (χ3n) is 8.20. The highest BCUT2D eigenvalue weighted by Gasteiger charge is 2.43. The minimum Gasteiger partial charge on any atom is -0.483 e. The standard InChI is InChI=1S/C30H37FN4O2S/c1-20(12-13-22-8-4-3-5-9-22)32-29(36)19-38-30-34-33-28(18-37-27-11-7-6-10-26(27)31)35(30)21(2)25-17-23-14-15-24(25)16-23/h3-11,20-21,23-25H,12-19H2,1-2H3,(H,32,36)/t20-,21-,23+,24+,25+/m1/s1. The van der Waals surface area contributed by atoms with Gasteiger partial charge in [0, 0.05) is 12.1 Å². The number of ether oxygens (including phenoxy) is 1. The molecule has 2 aliphatic carbocycles. The Balaban J connectivity index is 1.23. The van der Waals surface area contributed by atoms with Crippen molar-refractivity contribution in [1.82, 2.24) is 20.1 Å². The van der Waals surface area contributed by atoms with Gasteiger partial charge in [-0.3, -0.25) is 9.36 Å². The lowest BCUT2D eigenvalue weighted by Gasteiger charge is -2.30. The molecule has 0 radical (unpaired) electrons. The predicted molar refractivity (Wildman–Crippen MR) is 147 cm³/mol. The van der Waals surface area contributed by atoms with Crippen LogP contribution >= 0.6 is 11.8 Å². The number of aryl methyl sites for hydroxylation is 1. The molecule has 3 aromatic rings. The lowest BCUT2D eigenvalue weighted by atomic mass is 9.84. The van der Waals surface area contributed by atoms with Crippen LogP contribution in [-0.2, 0) is 17.8 Å². The van der Waals surface area contributed by atoms with Gasteiger partial charge in [0.05, 0.1) is 5.75 Å². The fourth-order valence-electron chi connectivity index (χ4n) is 6.24. The van der Waals surface area contributed by atoms with E-state index in [0.717, 1.165) is 29.8 Å². The Bertz CT molecular complexity index is 1220. The molecular formula is C30H37FN4O2S. The lowest BCUT2D eigenvalue weighted by Crippen LogP contribution is -2.34. The summed E-state index contributed by atoms with van der Waals surface area (Å²) in [6.45, 7) is 4.41. The molecule has 2 fully saturated rings. The summed E-state index contributed by atoms with van der Waals surface area (Å²) in [5, 5.41) is 12.7. The molecule has 2 aliphatic rings. The van der Waals surface area contributed by atoms with E-state index in [9.17, 15) is 9.18 Å². The molecule has 1 N–H and O–H groups in total. The first-order valence-corrected chi connectivity index (χ1v) is 14.7. The van der Waals surface area contributed by atoms with E-state index in [0.29, 0.717) is 11.7 Å². The van der Waals surface area contributed by atoms with Crippen LogP contribution in [0.3, 0.4) is 0 Å². The Morgan fingerprint density at radius 1 is 1.11 bits per heavy atom. The van der Waals surface area contributed by atoms with Crippen molar-refractivity contribution in [3.8, 4) is 5.75 Å². The zero-order valence-corrected chi connectivity index (χ0v) is 23.0. The van der Waals surface area contributed by atoms with E-state index in [2.05, 4.69) is 39.1 Å². The van der Waals surface area contributed by atoms with Crippen LogP contribution in [-0.4, -0.2) is 32.5 Å². The van der Waals surface area contributed by atoms with Crippen LogP contribution in [0.1, 0.15) is 63.4 Å². The first-order chi connectivity index (χ1) is 18.5. The molecule has 1 aromatic heterocycles. The minimum atomic E-state index is -0.396. The molecule has 0 saturated heterocycles. The van der Waals surface area contributed by atoms with Crippen LogP contribution in [0.25, 0.3) is 0 Å². The maximum Gasteiger partial charge on any atom is 0.230 e. The highest BCUT2D eigenvalue weighted by atomic mass is 32.2. The van der Waals surface area contributed by atoms with Gasteiger partial charge < -0.3 is 10.1 Å². The predicted octanol–water partition coefficient (Wildman–Crippen LogP) is 6.22. The van der Waals surface area contributed by atoms with Gasteiger partial charge in [-0.05, 0) is 81.4 Å². The average molecular weight is 537 g/mol. The fourth-order valence-corrected chi connectivity index (χ4v) is 7.09. The van der Waals surface area contributed by atoms with Crippen molar-refractivity contribution in [1.29, 1.82) is 0 Å². The number of nitrogens with one attached hydrogen (secondary N) is 1. The first kappa shape index (κ1) is 26.7. The molecule has 2 bridgehead atoms. The van der Waals surface area contributed by atoms with Gasteiger partial charge in [-0.2, -0.15) is 0 Å². The van der Waals surface area contributed by atoms with E-state index in [1.165, 1.54) is 49.1 Å². The summed E-state index contributed by atoms with van der Waals surface area (Å²) in [6.07, 6.45) is 6.97. The topological polar surface area (TPSA) is 69.0 Å². The van der Waals surface area contributed by atoms with Crippen molar-refractivity contribution < 1.29 is 13.9 Å². The van der Waals surface area contributed by atoms with E-state index in [1.807, 2.05) is 25.1 Å². The van der Waals surface area contributed by atoms with E-state index in [1.54, 1.807) is 18.2 Å². The zero-order chi connectivity index (χ0) is 26.5. The Labute approximate surface area is 228 Å². The summed E-state index contributed by atoms with van der Waals surface area (Å²) in [7, 11) is 0. The molecular weight excluding hydrogens is 499 g/mol. The van der Waals surface area contributed by atoms with Gasteiger partial charge >= 0.3 is 0 Å². The van der Waals surface area contributed by atoms with E-state index in [4.69, 9.17) is 4.74 Å². The van der Waals surface area contributed by atoms with Gasteiger partial charge in [-0.25, -0.2) is 4.39 Å². The van der Waals surface area contributed by atoms with Crippen LogP contribution < -0.4 is 10.1 Å². The number of thioether (sulfide) groups is 1. The van der Waals surface area contributed by atoms with E-state index < -0.39 is 5.82 Å². The molecule has 8 heteroatoms. The number of fused-ring (bicyclic) bond motifs is 2. The second-order valence-electron chi connectivity index (χ2n) is 10.8. The van der Waals surface area contributed by atoms with Crippen LogP contribution in [0.2, 0.25) is 0 Å². The second kappa shape index (κ2) is 12.3. The van der Waals surface area contributed by atoms with Gasteiger partial charge in [-0.15, -0.1) is 10.2 Å². The molecule has 0 unspecified atom stereocenters. The minimum absolute atomic E-state index is 0.0122. The van der Waals surface area contributed by atoms with Crippen LogP contribution in [0.4, 0.5) is 4.39 Å². The Hall–Kier alpha value is -2.87. The van der Waals surface area contributed by atoms with Crippen molar-refractivity contribution in [2.75, 3.05) is 5.75 Å². The third-order valence-corrected chi connectivity index (χ3v) is 9.14. The number of nitrogens with zero attached hydrogens (tertiary/aromatic N) is 3. The number of carbonyl (C=O) groups is 1. The quantitative estimate of drug-likeness (QED) is 0.278. The van der Waals surface area contributed by atoms with Gasteiger partial charge in [0.1, 0.15) is 6.61 Å². The number of hydrogen-bond acceptors (Lipinski definition) is 5. The molecule has 5 rings (SSSR count). The van der Waals surface area contributed by atoms with Crippen LogP contribution in [0.5, 0.6) is 5.75 Å². The van der Waals surface area contributed by atoms with Crippen molar-refractivity contribution >= 4 is 17.7 Å². The van der Waals surface area contributed by atoms with E-state index >= 15 is 0 Å². The van der Waals surface area contributed by atoms with Crippen LogP contribution in [0, 0.1) is 23.6 Å². The number of hydrogen-bond donors (Lipinski definition) is 1. The number of halogens is 1. The summed E-state index contributed by atoms with van der Waals surface area (Å²) < 4.78 is 22.1. The molecule has 2 aromatic carbocycles. The summed E-state index contributed by atoms with van der Waals surface area (Å²) in [5.41, 5.74) is 1.27. The second-order valence-corrected chi connectivity index (χ2v) is 11.8. The van der Waals surface area contributed by atoms with Gasteiger partial charge in [0.25, 0.3) is 0 Å². The molecule has 5 atom stereocenters. The normalized spacial score (nSPS) is 21.8.